The fourth-order valence-electron chi connectivity index (χ4n) is 3.60. The third-order valence-electron chi connectivity index (χ3n) is 4.96. The van der Waals surface area contributed by atoms with E-state index in [1.807, 2.05) is 67.6 Å². The Morgan fingerprint density at radius 3 is 2.66 bits per heavy atom. The summed E-state index contributed by atoms with van der Waals surface area (Å²) >= 11 is 2.24. The van der Waals surface area contributed by atoms with Crippen LogP contribution in [0.1, 0.15) is 5.82 Å². The van der Waals surface area contributed by atoms with Crippen molar-refractivity contribution in [2.75, 3.05) is 5.73 Å². The molecule has 6 nitrogen and oxygen atoms in total. The SMILES string of the molecule is Cc1nc2cccc(-c3ccc4onc(N)c4c3)c2c(=O)n1-c1ccc(I)cc1. The van der Waals surface area contributed by atoms with Crippen LogP contribution in [0.3, 0.4) is 0 Å². The van der Waals surface area contributed by atoms with Gasteiger partial charge in [-0.05, 0) is 83.1 Å². The van der Waals surface area contributed by atoms with Crippen LogP contribution in [0, 0.1) is 10.5 Å². The van der Waals surface area contributed by atoms with E-state index in [9.17, 15) is 4.79 Å². The molecule has 0 saturated carbocycles. The van der Waals surface area contributed by atoms with Crippen LogP contribution in [-0.4, -0.2) is 14.7 Å². The van der Waals surface area contributed by atoms with Gasteiger partial charge in [0.1, 0.15) is 5.82 Å². The van der Waals surface area contributed by atoms with Crippen molar-refractivity contribution in [1.82, 2.24) is 14.7 Å². The molecule has 2 N–H and O–H groups in total. The molecule has 2 heterocycles. The molecule has 0 aliphatic heterocycles. The van der Waals surface area contributed by atoms with Gasteiger partial charge in [-0.2, -0.15) is 0 Å². The summed E-state index contributed by atoms with van der Waals surface area (Å²) in [6.45, 7) is 1.84. The zero-order valence-electron chi connectivity index (χ0n) is 15.4. The van der Waals surface area contributed by atoms with E-state index in [1.54, 1.807) is 4.57 Å². The molecule has 5 aromatic rings. The third-order valence-corrected chi connectivity index (χ3v) is 5.68. The molecule has 0 bridgehead atoms. The Labute approximate surface area is 179 Å². The van der Waals surface area contributed by atoms with Crippen LogP contribution in [0.25, 0.3) is 38.7 Å². The molecule has 5 rings (SSSR count). The summed E-state index contributed by atoms with van der Waals surface area (Å²) in [6, 6.07) is 19.1. The van der Waals surface area contributed by atoms with Gasteiger partial charge in [-0.15, -0.1) is 0 Å². The van der Waals surface area contributed by atoms with Crippen molar-refractivity contribution in [3.8, 4) is 16.8 Å². The largest absolute Gasteiger partial charge is 0.380 e. The normalized spacial score (nSPS) is 11.4. The topological polar surface area (TPSA) is 86.9 Å². The summed E-state index contributed by atoms with van der Waals surface area (Å²) in [6.07, 6.45) is 0. The van der Waals surface area contributed by atoms with Gasteiger partial charge < -0.3 is 10.3 Å². The summed E-state index contributed by atoms with van der Waals surface area (Å²) in [4.78, 5) is 18.3. The van der Waals surface area contributed by atoms with E-state index < -0.39 is 0 Å². The summed E-state index contributed by atoms with van der Waals surface area (Å²) in [7, 11) is 0. The first kappa shape index (κ1) is 17.9. The van der Waals surface area contributed by atoms with E-state index in [2.05, 4.69) is 27.7 Å². The Kier molecular flexibility index (Phi) is 4.13. The minimum absolute atomic E-state index is 0.109. The maximum atomic E-state index is 13.6. The van der Waals surface area contributed by atoms with E-state index in [4.69, 9.17) is 15.2 Å². The van der Waals surface area contributed by atoms with Crippen LogP contribution in [0.2, 0.25) is 0 Å². The molecule has 0 aliphatic carbocycles. The van der Waals surface area contributed by atoms with Crippen molar-refractivity contribution >= 4 is 50.3 Å². The maximum absolute atomic E-state index is 13.6. The first-order chi connectivity index (χ1) is 14.0. The highest BCUT2D eigenvalue weighted by molar-refractivity contribution is 14.1. The second kappa shape index (κ2) is 6.70. The summed E-state index contributed by atoms with van der Waals surface area (Å²) < 4.78 is 7.95. The minimum atomic E-state index is -0.109. The van der Waals surface area contributed by atoms with Crippen LogP contribution in [-0.2, 0) is 0 Å². The number of anilines is 1. The zero-order chi connectivity index (χ0) is 20.1. The van der Waals surface area contributed by atoms with Crippen molar-refractivity contribution in [2.45, 2.75) is 6.92 Å². The maximum Gasteiger partial charge on any atom is 0.266 e. The number of hydrogen-bond acceptors (Lipinski definition) is 5. The molecule has 0 fully saturated rings. The number of aryl methyl sites for hydroxylation is 1. The molecular formula is C22H15IN4O2. The third kappa shape index (κ3) is 2.89. The lowest BCUT2D eigenvalue weighted by atomic mass is 10.00. The van der Waals surface area contributed by atoms with Crippen LogP contribution >= 0.6 is 22.6 Å². The van der Waals surface area contributed by atoms with E-state index >= 15 is 0 Å². The first-order valence-electron chi connectivity index (χ1n) is 8.96. The average molecular weight is 494 g/mol. The van der Waals surface area contributed by atoms with E-state index in [0.717, 1.165) is 25.8 Å². The smallest absolute Gasteiger partial charge is 0.266 e. The Balaban J connectivity index is 1.82. The standard InChI is InChI=1S/C22H15IN4O2/c1-12-25-18-4-2-3-16(13-5-10-19-17(11-13)21(24)26-29-19)20(18)22(28)27(12)15-8-6-14(23)7-9-15/h2-11H,1H3,(H2,24,26). The number of hydrogen-bond donors (Lipinski definition) is 1. The van der Waals surface area contributed by atoms with Crippen molar-refractivity contribution in [3.05, 3.63) is 80.4 Å². The van der Waals surface area contributed by atoms with Gasteiger partial charge in [0.15, 0.2) is 11.4 Å². The van der Waals surface area contributed by atoms with Crippen molar-refractivity contribution in [3.63, 3.8) is 0 Å². The van der Waals surface area contributed by atoms with Gasteiger partial charge in [0.25, 0.3) is 5.56 Å². The highest BCUT2D eigenvalue weighted by Gasteiger charge is 2.15. The van der Waals surface area contributed by atoms with Crippen molar-refractivity contribution in [1.29, 1.82) is 0 Å². The number of halogens is 1. The van der Waals surface area contributed by atoms with Gasteiger partial charge in [0, 0.05) is 3.57 Å². The van der Waals surface area contributed by atoms with E-state index in [-0.39, 0.29) is 5.56 Å². The average Bonchev–Trinajstić information content (AvgIpc) is 3.09. The van der Waals surface area contributed by atoms with Gasteiger partial charge in [-0.3, -0.25) is 9.36 Å². The molecule has 0 atom stereocenters. The van der Waals surface area contributed by atoms with Crippen LogP contribution in [0.4, 0.5) is 5.82 Å². The minimum Gasteiger partial charge on any atom is -0.380 e. The van der Waals surface area contributed by atoms with E-state index in [1.165, 1.54) is 0 Å². The predicted molar refractivity (Wildman–Crippen MR) is 122 cm³/mol. The second-order valence-corrected chi connectivity index (χ2v) is 8.00. The second-order valence-electron chi connectivity index (χ2n) is 6.75. The molecule has 0 amide bonds. The fraction of sp³-hybridized carbons (Fsp3) is 0.0455. The fourth-order valence-corrected chi connectivity index (χ4v) is 3.96. The molecular weight excluding hydrogens is 479 g/mol. The molecule has 0 aliphatic rings. The zero-order valence-corrected chi connectivity index (χ0v) is 17.5. The quantitative estimate of drug-likeness (QED) is 0.360. The number of benzene rings is 3. The monoisotopic (exact) mass is 494 g/mol. The molecule has 29 heavy (non-hydrogen) atoms. The summed E-state index contributed by atoms with van der Waals surface area (Å²) in [5, 5.41) is 5.09. The highest BCUT2D eigenvalue weighted by atomic mass is 127. The lowest BCUT2D eigenvalue weighted by Gasteiger charge is -2.13. The summed E-state index contributed by atoms with van der Waals surface area (Å²) in [5.74, 6) is 0.965. The molecule has 2 aromatic heterocycles. The molecule has 0 unspecified atom stereocenters. The number of nitrogens with zero attached hydrogens (tertiary/aromatic N) is 3. The number of rotatable bonds is 2. The lowest BCUT2D eigenvalue weighted by molar-refractivity contribution is 0.460. The van der Waals surface area contributed by atoms with Crippen LogP contribution < -0.4 is 11.3 Å². The van der Waals surface area contributed by atoms with Crippen LogP contribution in [0.15, 0.2) is 70.0 Å². The molecule has 0 saturated heterocycles. The van der Waals surface area contributed by atoms with Gasteiger partial charge in [0.05, 0.1) is 22.0 Å². The van der Waals surface area contributed by atoms with Gasteiger partial charge in [-0.25, -0.2) is 4.98 Å². The summed E-state index contributed by atoms with van der Waals surface area (Å²) in [5.41, 5.74) is 9.51. The van der Waals surface area contributed by atoms with Gasteiger partial charge in [-0.1, -0.05) is 23.4 Å². The predicted octanol–water partition coefficient (Wildman–Crippen LogP) is 4.69. The molecule has 0 radical (unpaired) electrons. The lowest BCUT2D eigenvalue weighted by Crippen LogP contribution is -2.22. The Hall–Kier alpha value is -3.20. The highest BCUT2D eigenvalue weighted by Crippen LogP contribution is 2.31. The van der Waals surface area contributed by atoms with E-state index in [0.29, 0.717) is 28.1 Å². The van der Waals surface area contributed by atoms with Crippen molar-refractivity contribution < 1.29 is 4.52 Å². The number of fused-ring (bicyclic) bond motifs is 2. The first-order valence-corrected chi connectivity index (χ1v) is 10.0. The number of aromatic nitrogens is 3. The van der Waals surface area contributed by atoms with Crippen LogP contribution in [0.5, 0.6) is 0 Å². The van der Waals surface area contributed by atoms with Gasteiger partial charge >= 0.3 is 0 Å². The number of nitrogens with two attached hydrogens (primary N) is 1. The molecule has 7 heteroatoms. The Morgan fingerprint density at radius 1 is 1.07 bits per heavy atom. The number of nitrogen functional groups attached to an aromatic ring is 1. The molecule has 142 valence electrons. The Morgan fingerprint density at radius 2 is 1.86 bits per heavy atom. The van der Waals surface area contributed by atoms with Gasteiger partial charge in [0.2, 0.25) is 0 Å². The molecule has 3 aromatic carbocycles. The Bertz CT molecular complexity index is 1450. The molecule has 0 spiro atoms. The van der Waals surface area contributed by atoms with Crippen molar-refractivity contribution in [2.24, 2.45) is 0 Å².